The van der Waals surface area contributed by atoms with E-state index in [1.165, 1.54) is 19.4 Å². The molecule has 13 heavy (non-hydrogen) atoms. The Morgan fingerprint density at radius 3 is 1.69 bits per heavy atom. The Hall–Kier alpha value is -0.0400. The molecule has 0 amide bonds. The van der Waals surface area contributed by atoms with E-state index in [1.54, 1.807) is 0 Å². The van der Waals surface area contributed by atoms with Gasteiger partial charge in [-0.05, 0) is 32.7 Å². The number of hydrogen-bond donors (Lipinski definition) is 0. The predicted molar refractivity (Wildman–Crippen MR) is 63.2 cm³/mol. The molecule has 1 aliphatic rings. The third-order valence-electron chi connectivity index (χ3n) is 2.43. The molecule has 0 aromatic heterocycles. The first-order valence-corrected chi connectivity index (χ1v) is 5.90. The van der Waals surface area contributed by atoms with Gasteiger partial charge in [-0.25, -0.2) is 0 Å². The lowest BCUT2D eigenvalue weighted by Gasteiger charge is -2.33. The highest BCUT2D eigenvalue weighted by molar-refractivity contribution is 4.73. The first-order chi connectivity index (χ1) is 6.20. The van der Waals surface area contributed by atoms with E-state index in [0.717, 1.165) is 12.0 Å². The molecule has 0 spiro atoms. The van der Waals surface area contributed by atoms with Crippen LogP contribution in [-0.4, -0.2) is 24.5 Å². The highest BCUT2D eigenvalue weighted by Crippen LogP contribution is 2.18. The van der Waals surface area contributed by atoms with Gasteiger partial charge in [-0.1, -0.05) is 34.6 Å². The molecular weight excluding hydrogens is 158 g/mol. The fraction of sp³-hybridized carbons (Fsp3) is 1.00. The molecule has 0 radical (unpaired) electrons. The van der Waals surface area contributed by atoms with Gasteiger partial charge in [-0.3, -0.25) is 0 Å². The summed E-state index contributed by atoms with van der Waals surface area (Å²) in [7, 11) is 2.22. The van der Waals surface area contributed by atoms with Gasteiger partial charge in [0.25, 0.3) is 0 Å². The van der Waals surface area contributed by atoms with Crippen molar-refractivity contribution >= 4 is 0 Å². The van der Waals surface area contributed by atoms with Crippen molar-refractivity contribution in [2.45, 2.75) is 60.4 Å². The summed E-state index contributed by atoms with van der Waals surface area (Å²) in [6.07, 6.45) is 2.81. The second-order valence-electron chi connectivity index (χ2n) is 3.47. The molecule has 0 aromatic rings. The first kappa shape index (κ1) is 15.4. The smallest absolute Gasteiger partial charge is 0.00641 e. The third kappa shape index (κ3) is 7.06. The van der Waals surface area contributed by atoms with Crippen molar-refractivity contribution in [3.05, 3.63) is 0 Å². The van der Waals surface area contributed by atoms with Crippen molar-refractivity contribution in [1.82, 2.24) is 4.90 Å². The van der Waals surface area contributed by atoms with Crippen LogP contribution in [-0.2, 0) is 0 Å². The lowest BCUT2D eigenvalue weighted by atomic mass is 9.96. The molecular formula is C12H29N. The van der Waals surface area contributed by atoms with E-state index < -0.39 is 0 Å². The van der Waals surface area contributed by atoms with Crippen molar-refractivity contribution in [2.75, 3.05) is 13.6 Å². The molecule has 0 N–H and O–H groups in total. The average molecular weight is 187 g/mol. The summed E-state index contributed by atoms with van der Waals surface area (Å²) in [6.45, 7) is 13.9. The van der Waals surface area contributed by atoms with Gasteiger partial charge in [0.05, 0.1) is 0 Å². The molecule has 0 aromatic carbocycles. The maximum absolute atomic E-state index is 2.45. The van der Waals surface area contributed by atoms with Gasteiger partial charge in [-0.2, -0.15) is 0 Å². The van der Waals surface area contributed by atoms with Crippen LogP contribution in [0.25, 0.3) is 0 Å². The topological polar surface area (TPSA) is 3.24 Å². The molecule has 1 rings (SSSR count). The number of rotatable bonds is 0. The van der Waals surface area contributed by atoms with E-state index in [4.69, 9.17) is 0 Å². The maximum atomic E-state index is 2.45. The Kier molecular flexibility index (Phi) is 11.9. The average Bonchev–Trinajstić information content (AvgIpc) is 2.18. The number of likely N-dealkylation sites (tertiary alicyclic amines) is 1. The van der Waals surface area contributed by atoms with Gasteiger partial charge in [0.1, 0.15) is 0 Å². The summed E-state index contributed by atoms with van der Waals surface area (Å²) >= 11 is 0. The van der Waals surface area contributed by atoms with Gasteiger partial charge in [0.15, 0.2) is 0 Å². The molecule has 0 saturated carbocycles. The van der Waals surface area contributed by atoms with Crippen LogP contribution in [0, 0.1) is 5.92 Å². The third-order valence-corrected chi connectivity index (χ3v) is 2.43. The van der Waals surface area contributed by atoms with Crippen LogP contribution < -0.4 is 0 Å². The normalized spacial score (nSPS) is 27.9. The van der Waals surface area contributed by atoms with Crippen molar-refractivity contribution in [3.8, 4) is 0 Å². The van der Waals surface area contributed by atoms with Crippen molar-refractivity contribution < 1.29 is 0 Å². The second-order valence-corrected chi connectivity index (χ2v) is 3.47. The summed E-state index contributed by atoms with van der Waals surface area (Å²) in [5.41, 5.74) is 0. The summed E-state index contributed by atoms with van der Waals surface area (Å²) in [6, 6.07) is 0.821. The van der Waals surface area contributed by atoms with Crippen LogP contribution in [0.1, 0.15) is 54.4 Å². The molecule has 1 nitrogen and oxygen atoms in total. The fourth-order valence-corrected chi connectivity index (χ4v) is 1.51. The molecule has 1 fully saturated rings. The van der Waals surface area contributed by atoms with Crippen LogP contribution in [0.5, 0.6) is 0 Å². The Morgan fingerprint density at radius 2 is 1.38 bits per heavy atom. The van der Waals surface area contributed by atoms with E-state index in [1.807, 2.05) is 27.7 Å². The van der Waals surface area contributed by atoms with Gasteiger partial charge >= 0.3 is 0 Å². The minimum absolute atomic E-state index is 0.821. The molecule has 0 bridgehead atoms. The quantitative estimate of drug-likeness (QED) is 0.558. The minimum atomic E-state index is 0.821. The minimum Gasteiger partial charge on any atom is -0.303 e. The highest BCUT2D eigenvalue weighted by Gasteiger charge is 2.18. The van der Waals surface area contributed by atoms with E-state index in [-0.39, 0.29) is 0 Å². The number of piperidine rings is 1. The van der Waals surface area contributed by atoms with E-state index in [2.05, 4.69) is 25.8 Å². The Balaban J connectivity index is 0. The van der Waals surface area contributed by atoms with Crippen LogP contribution >= 0.6 is 0 Å². The lowest BCUT2D eigenvalue weighted by molar-refractivity contribution is 0.158. The number of nitrogens with zero attached hydrogens (tertiary/aromatic N) is 1. The van der Waals surface area contributed by atoms with Crippen LogP contribution in [0.2, 0.25) is 0 Å². The molecule has 2 atom stereocenters. The van der Waals surface area contributed by atoms with Crippen molar-refractivity contribution in [3.63, 3.8) is 0 Å². The summed E-state index contributed by atoms with van der Waals surface area (Å²) in [5, 5.41) is 0. The molecule has 1 saturated heterocycles. The highest BCUT2D eigenvalue weighted by atomic mass is 15.1. The Bertz CT molecular complexity index is 91.1. The number of hydrogen-bond acceptors (Lipinski definition) is 1. The Morgan fingerprint density at radius 1 is 0.923 bits per heavy atom. The van der Waals surface area contributed by atoms with Crippen molar-refractivity contribution in [2.24, 2.45) is 5.92 Å². The maximum Gasteiger partial charge on any atom is 0.00641 e. The molecule has 1 aliphatic heterocycles. The molecule has 82 valence electrons. The molecule has 1 heteroatoms. The van der Waals surface area contributed by atoms with Crippen LogP contribution in [0.15, 0.2) is 0 Å². The van der Waals surface area contributed by atoms with Gasteiger partial charge in [0, 0.05) is 12.6 Å². The monoisotopic (exact) mass is 187 g/mol. The zero-order valence-corrected chi connectivity index (χ0v) is 10.7. The molecule has 2 unspecified atom stereocenters. The van der Waals surface area contributed by atoms with Crippen LogP contribution in [0.4, 0.5) is 0 Å². The van der Waals surface area contributed by atoms with Crippen LogP contribution in [0.3, 0.4) is 0 Å². The summed E-state index contributed by atoms with van der Waals surface area (Å²) in [5.74, 6) is 0.922. The predicted octanol–water partition coefficient (Wildman–Crippen LogP) is 3.79. The van der Waals surface area contributed by atoms with Gasteiger partial charge in [-0.15, -0.1) is 0 Å². The zero-order chi connectivity index (χ0) is 10.9. The SMILES string of the molecule is CC.CC.CC1CCC(C)N(C)C1. The molecule has 1 heterocycles. The van der Waals surface area contributed by atoms with E-state index >= 15 is 0 Å². The Labute approximate surface area is 85.5 Å². The van der Waals surface area contributed by atoms with E-state index in [9.17, 15) is 0 Å². The van der Waals surface area contributed by atoms with Gasteiger partial charge in [0.2, 0.25) is 0 Å². The van der Waals surface area contributed by atoms with Crippen molar-refractivity contribution in [1.29, 1.82) is 0 Å². The van der Waals surface area contributed by atoms with E-state index in [0.29, 0.717) is 0 Å². The standard InChI is InChI=1S/C8H17N.2C2H6/c1-7-4-5-8(2)9(3)6-7;2*1-2/h7-8H,4-6H2,1-3H3;2*1-2H3. The first-order valence-electron chi connectivity index (χ1n) is 5.90. The zero-order valence-electron chi connectivity index (χ0n) is 10.7. The largest absolute Gasteiger partial charge is 0.303 e. The second kappa shape index (κ2) is 10.0. The lowest BCUT2D eigenvalue weighted by Crippen LogP contribution is -2.37. The molecule has 0 aliphatic carbocycles. The van der Waals surface area contributed by atoms with Gasteiger partial charge < -0.3 is 4.90 Å². The summed E-state index contributed by atoms with van der Waals surface area (Å²) < 4.78 is 0. The summed E-state index contributed by atoms with van der Waals surface area (Å²) in [4.78, 5) is 2.45. The fourth-order valence-electron chi connectivity index (χ4n) is 1.51.